The number of carbonyl (C=O) groups is 2. The number of nitrogens with one attached hydrogen (secondary N) is 1. The van der Waals surface area contributed by atoms with Crippen molar-refractivity contribution < 1.29 is 24.2 Å². The molecule has 1 atom stereocenters. The van der Waals surface area contributed by atoms with E-state index in [0.717, 1.165) is 0 Å². The highest BCUT2D eigenvalue weighted by molar-refractivity contribution is 6.53. The molecule has 0 unspecified atom stereocenters. The van der Waals surface area contributed by atoms with Gasteiger partial charge in [0.15, 0.2) is 0 Å². The number of amides is 1. The van der Waals surface area contributed by atoms with Gasteiger partial charge in [-0.3, -0.25) is 9.59 Å². The lowest BCUT2D eigenvalue weighted by molar-refractivity contribution is -0.138. The predicted molar refractivity (Wildman–Crippen MR) is 47.2 cm³/mol. The third-order valence-electron chi connectivity index (χ3n) is 1.88. The summed E-state index contributed by atoms with van der Waals surface area (Å²) in [4.78, 5) is 22.1. The van der Waals surface area contributed by atoms with E-state index < -0.39 is 21.1 Å². The van der Waals surface area contributed by atoms with Gasteiger partial charge in [-0.2, -0.15) is 0 Å². The Hall–Kier alpha value is -0.923. The first-order valence-corrected chi connectivity index (χ1v) is 6.07. The van der Waals surface area contributed by atoms with E-state index in [1.165, 1.54) is 0 Å². The van der Waals surface area contributed by atoms with Crippen LogP contribution in [0, 0.1) is 0 Å². The maximum Gasteiger partial charge on any atom is 0.337 e. The Labute approximate surface area is 82.6 Å². The number of hydrogen-bond donors (Lipinski definition) is 3. The molecule has 79 valence electrons. The van der Waals surface area contributed by atoms with Gasteiger partial charge >= 0.3 is 15.0 Å². The fourth-order valence-electron chi connectivity index (χ4n) is 1.12. The van der Waals surface area contributed by atoms with Crippen LogP contribution in [0.4, 0.5) is 0 Å². The van der Waals surface area contributed by atoms with Crippen molar-refractivity contribution in [2.75, 3.05) is 12.5 Å². The van der Waals surface area contributed by atoms with Gasteiger partial charge in [-0.05, 0) is 6.42 Å². The Bertz CT molecular complexity index is 230. The molecule has 1 fully saturated rings. The first-order valence-electron chi connectivity index (χ1n) is 4.25. The molecule has 14 heavy (non-hydrogen) atoms. The van der Waals surface area contributed by atoms with Gasteiger partial charge in [0, 0.05) is 6.42 Å². The van der Waals surface area contributed by atoms with Crippen LogP contribution in [-0.2, 0) is 14.0 Å². The fraction of sp³-hybridized carbons (Fsp3) is 0.714. The predicted octanol–water partition coefficient (Wildman–Crippen LogP) is -2.14. The van der Waals surface area contributed by atoms with Crippen LogP contribution < -0.4 is 5.32 Å². The average Bonchev–Trinajstić information content (AvgIpc) is 2.61. The van der Waals surface area contributed by atoms with Crippen molar-refractivity contribution in [2.24, 2.45) is 0 Å². The molecule has 3 N–H and O–H groups in total. The Morgan fingerprint density at radius 2 is 2.21 bits per heavy atom. The molecule has 0 spiro atoms. The van der Waals surface area contributed by atoms with E-state index in [-0.39, 0.29) is 18.4 Å². The minimum absolute atomic E-state index is 0.172. The van der Waals surface area contributed by atoms with Crippen molar-refractivity contribution >= 4 is 20.9 Å². The van der Waals surface area contributed by atoms with Gasteiger partial charge in [-0.1, -0.05) is 0 Å². The Morgan fingerprint density at radius 1 is 1.57 bits per heavy atom. The zero-order valence-corrected chi connectivity index (χ0v) is 8.52. The van der Waals surface area contributed by atoms with Gasteiger partial charge in [-0.15, -0.1) is 0 Å². The molecule has 1 aliphatic rings. The topological polar surface area (TPSA) is 95.9 Å². The highest BCUT2D eigenvalue weighted by atomic mass is 28.3. The van der Waals surface area contributed by atoms with Crippen LogP contribution in [0.25, 0.3) is 0 Å². The van der Waals surface area contributed by atoms with E-state index in [1.54, 1.807) is 0 Å². The third-order valence-corrected chi connectivity index (χ3v) is 3.07. The van der Waals surface area contributed by atoms with Crippen LogP contribution in [-0.4, -0.2) is 49.6 Å². The van der Waals surface area contributed by atoms with Crippen LogP contribution >= 0.6 is 0 Å². The molecule has 1 saturated heterocycles. The van der Waals surface area contributed by atoms with Gasteiger partial charge in [0.1, 0.15) is 6.04 Å². The van der Waals surface area contributed by atoms with Crippen LogP contribution in [0.5, 0.6) is 0 Å². The monoisotopic (exact) mass is 218 g/mol. The smallest absolute Gasteiger partial charge is 0.337 e. The van der Waals surface area contributed by atoms with Gasteiger partial charge in [0.25, 0.3) is 0 Å². The molecule has 6 nitrogen and oxygen atoms in total. The summed E-state index contributed by atoms with van der Waals surface area (Å²) in [6, 6.07) is -0.611. The van der Waals surface area contributed by atoms with E-state index in [2.05, 4.69) is 5.32 Å². The van der Waals surface area contributed by atoms with Gasteiger partial charge in [0.05, 0.1) is 12.5 Å². The quantitative estimate of drug-likeness (QED) is 0.468. The van der Waals surface area contributed by atoms with Crippen LogP contribution in [0.2, 0.25) is 0 Å². The standard InChI is InChI=1S/C7H12NO5Si/c9-3-14(4-10)13-7(12)5-1-2-6(11)8-5/h5,9-10H,1-4H2,(H,8,11)/t5-/m0/s1. The Morgan fingerprint density at radius 3 is 2.64 bits per heavy atom. The first-order chi connectivity index (χ1) is 6.67. The molecule has 1 aliphatic heterocycles. The number of rotatable bonds is 4. The average molecular weight is 218 g/mol. The molecule has 0 aromatic heterocycles. The molecule has 0 aromatic carbocycles. The van der Waals surface area contributed by atoms with Gasteiger partial charge in [0.2, 0.25) is 5.91 Å². The maximum atomic E-state index is 11.3. The van der Waals surface area contributed by atoms with Crippen LogP contribution in [0.15, 0.2) is 0 Å². The van der Waals surface area contributed by atoms with E-state index in [4.69, 9.17) is 14.6 Å². The lowest BCUT2D eigenvalue weighted by atomic mass is 10.2. The molecule has 1 heterocycles. The first kappa shape index (κ1) is 11.2. The number of carbonyl (C=O) groups excluding carboxylic acids is 2. The Kier molecular flexibility index (Phi) is 4.05. The third kappa shape index (κ3) is 2.79. The summed E-state index contributed by atoms with van der Waals surface area (Å²) in [5, 5.41) is 19.8. The fourth-order valence-corrected chi connectivity index (χ4v) is 1.77. The molecule has 7 heteroatoms. The minimum Gasteiger partial charge on any atom is -0.511 e. The van der Waals surface area contributed by atoms with Crippen molar-refractivity contribution in [3.63, 3.8) is 0 Å². The zero-order valence-electron chi connectivity index (χ0n) is 7.52. The normalized spacial score (nSPS) is 21.1. The minimum atomic E-state index is -1.87. The van der Waals surface area contributed by atoms with E-state index in [1.807, 2.05) is 0 Å². The maximum absolute atomic E-state index is 11.3. The largest absolute Gasteiger partial charge is 0.511 e. The summed E-state index contributed by atoms with van der Waals surface area (Å²) in [7, 11) is -1.87. The molecule has 0 aliphatic carbocycles. The highest BCUT2D eigenvalue weighted by Gasteiger charge is 2.30. The molecule has 1 amide bonds. The van der Waals surface area contributed by atoms with Gasteiger partial charge in [-0.25, -0.2) is 0 Å². The lowest BCUT2D eigenvalue weighted by Gasteiger charge is -2.14. The van der Waals surface area contributed by atoms with Crippen molar-refractivity contribution in [2.45, 2.75) is 18.9 Å². The van der Waals surface area contributed by atoms with Crippen molar-refractivity contribution in [3.05, 3.63) is 0 Å². The number of aliphatic hydroxyl groups is 2. The van der Waals surface area contributed by atoms with Gasteiger partial charge < -0.3 is 20.0 Å². The summed E-state index contributed by atoms with van der Waals surface area (Å²) in [6.45, 7) is 0. The van der Waals surface area contributed by atoms with Crippen molar-refractivity contribution in [1.82, 2.24) is 5.32 Å². The number of aliphatic hydroxyl groups excluding tert-OH is 2. The molecule has 1 radical (unpaired) electrons. The van der Waals surface area contributed by atoms with E-state index >= 15 is 0 Å². The van der Waals surface area contributed by atoms with E-state index in [9.17, 15) is 9.59 Å². The molecule has 1 rings (SSSR count). The van der Waals surface area contributed by atoms with Crippen molar-refractivity contribution in [3.8, 4) is 0 Å². The zero-order chi connectivity index (χ0) is 10.6. The SMILES string of the molecule is O=C1CC[C@@H](C(=O)O[Si](CO)CO)N1. The molecular formula is C7H12NO5Si. The summed E-state index contributed by atoms with van der Waals surface area (Å²) in [6.07, 6.45) is 0.0882. The second kappa shape index (κ2) is 5.08. The Balaban J connectivity index is 2.38. The summed E-state index contributed by atoms with van der Waals surface area (Å²) < 4.78 is 4.83. The molecule has 0 aromatic rings. The summed E-state index contributed by atoms with van der Waals surface area (Å²) >= 11 is 0. The lowest BCUT2D eigenvalue weighted by Crippen LogP contribution is -2.40. The number of hydrogen-bond acceptors (Lipinski definition) is 5. The summed E-state index contributed by atoms with van der Waals surface area (Å²) in [5.41, 5.74) is 0. The molecule has 0 bridgehead atoms. The molecule has 0 saturated carbocycles. The van der Waals surface area contributed by atoms with Crippen molar-refractivity contribution in [1.29, 1.82) is 0 Å². The van der Waals surface area contributed by atoms with Crippen LogP contribution in [0.1, 0.15) is 12.8 Å². The second-order valence-corrected chi connectivity index (χ2v) is 4.85. The van der Waals surface area contributed by atoms with E-state index in [0.29, 0.717) is 12.8 Å². The summed E-state index contributed by atoms with van der Waals surface area (Å²) in [5.74, 6) is -0.735. The molecular weight excluding hydrogens is 206 g/mol. The highest BCUT2D eigenvalue weighted by Crippen LogP contribution is 2.08. The van der Waals surface area contributed by atoms with Crippen LogP contribution in [0.3, 0.4) is 0 Å². The second-order valence-electron chi connectivity index (χ2n) is 2.93.